The van der Waals surface area contributed by atoms with Gasteiger partial charge in [-0.1, -0.05) is 33.1 Å². The van der Waals surface area contributed by atoms with Crippen LogP contribution in [-0.2, 0) is 4.79 Å². The normalized spacial score (nSPS) is 15.7. The molecule has 4 N–H and O–H groups in total. The maximum Gasteiger partial charge on any atom is 0.251 e. The Balaban J connectivity index is 0.00000364. The Morgan fingerprint density at radius 2 is 1.89 bits per heavy atom. The largest absolute Gasteiger partial charge is 0.348 e. The molecule has 27 heavy (non-hydrogen) atoms. The molecule has 1 aromatic carbocycles. The van der Waals surface area contributed by atoms with Gasteiger partial charge >= 0.3 is 0 Å². The third-order valence-corrected chi connectivity index (χ3v) is 4.89. The number of benzene rings is 1. The molecule has 0 radical (unpaired) electrons. The molecule has 152 valence electrons. The van der Waals surface area contributed by atoms with E-state index >= 15 is 0 Å². The minimum absolute atomic E-state index is 0. The molecule has 1 aromatic rings. The van der Waals surface area contributed by atoms with Crippen molar-refractivity contribution in [3.63, 3.8) is 0 Å². The number of hydrogen-bond acceptors (Lipinski definition) is 3. The van der Waals surface area contributed by atoms with Crippen molar-refractivity contribution in [2.45, 2.75) is 58.4 Å². The van der Waals surface area contributed by atoms with E-state index in [9.17, 15) is 14.0 Å². The van der Waals surface area contributed by atoms with Crippen molar-refractivity contribution >= 4 is 29.9 Å². The molecule has 0 aromatic heterocycles. The van der Waals surface area contributed by atoms with Crippen LogP contribution in [0.3, 0.4) is 0 Å². The zero-order valence-electron chi connectivity index (χ0n) is 16.1. The number of halogens is 2. The van der Waals surface area contributed by atoms with Crippen LogP contribution in [0.25, 0.3) is 0 Å². The molecule has 1 fully saturated rings. The molecule has 2 amide bonds. The zero-order valence-corrected chi connectivity index (χ0v) is 16.9. The molecule has 5 nitrogen and oxygen atoms in total. The first-order valence-corrected chi connectivity index (χ1v) is 9.51. The fraction of sp³-hybridized carbons (Fsp3) is 0.600. The fourth-order valence-corrected chi connectivity index (χ4v) is 3.49. The van der Waals surface area contributed by atoms with Crippen molar-refractivity contribution in [1.82, 2.24) is 5.32 Å². The first-order valence-electron chi connectivity index (χ1n) is 9.51. The van der Waals surface area contributed by atoms with E-state index in [0.717, 1.165) is 31.7 Å². The highest BCUT2D eigenvalue weighted by atomic mass is 35.5. The third-order valence-electron chi connectivity index (χ3n) is 4.89. The van der Waals surface area contributed by atoms with E-state index in [4.69, 9.17) is 5.73 Å². The van der Waals surface area contributed by atoms with Crippen LogP contribution in [0.2, 0.25) is 0 Å². The van der Waals surface area contributed by atoms with Gasteiger partial charge in [0, 0.05) is 24.6 Å². The van der Waals surface area contributed by atoms with Crippen LogP contribution < -0.4 is 16.4 Å². The topological polar surface area (TPSA) is 84.2 Å². The SMILES string of the molecule is CC(C)CC(=O)Nc1ccc(C(=O)NC(CN)C2CCCCC2)cc1F.Cl. The van der Waals surface area contributed by atoms with Crippen LogP contribution in [0.1, 0.15) is 62.7 Å². The Morgan fingerprint density at radius 1 is 1.22 bits per heavy atom. The van der Waals surface area contributed by atoms with Gasteiger partial charge in [-0.05, 0) is 42.9 Å². The molecule has 7 heteroatoms. The average Bonchev–Trinajstić information content (AvgIpc) is 2.61. The summed E-state index contributed by atoms with van der Waals surface area (Å²) < 4.78 is 14.3. The van der Waals surface area contributed by atoms with Crippen molar-refractivity contribution in [3.05, 3.63) is 29.6 Å². The summed E-state index contributed by atoms with van der Waals surface area (Å²) in [5, 5.41) is 5.49. The summed E-state index contributed by atoms with van der Waals surface area (Å²) in [6, 6.07) is 4.03. The Kier molecular flexibility index (Phi) is 9.74. The Labute approximate surface area is 167 Å². The lowest BCUT2D eigenvalue weighted by atomic mass is 9.84. The van der Waals surface area contributed by atoms with Gasteiger partial charge in [0.2, 0.25) is 5.91 Å². The number of hydrogen-bond donors (Lipinski definition) is 3. The van der Waals surface area contributed by atoms with Gasteiger partial charge in [-0.25, -0.2) is 4.39 Å². The predicted octanol–water partition coefficient (Wildman–Crippen LogP) is 3.87. The summed E-state index contributed by atoms with van der Waals surface area (Å²) in [5.41, 5.74) is 6.17. The van der Waals surface area contributed by atoms with Crippen LogP contribution in [-0.4, -0.2) is 24.4 Å². The highest BCUT2D eigenvalue weighted by molar-refractivity contribution is 5.96. The van der Waals surface area contributed by atoms with Gasteiger partial charge < -0.3 is 16.4 Å². The summed E-state index contributed by atoms with van der Waals surface area (Å²) in [6.07, 6.45) is 6.01. The van der Waals surface area contributed by atoms with Crippen LogP contribution in [0, 0.1) is 17.7 Å². The van der Waals surface area contributed by atoms with Crippen LogP contribution in [0.5, 0.6) is 0 Å². The second kappa shape index (κ2) is 11.2. The first kappa shape index (κ1) is 23.4. The number of rotatable bonds is 7. The van der Waals surface area contributed by atoms with Crippen LogP contribution >= 0.6 is 12.4 Å². The molecule has 2 rings (SSSR count). The molecule has 0 saturated heterocycles. The quantitative estimate of drug-likeness (QED) is 0.650. The Hall–Kier alpha value is -1.66. The molecular formula is C20H31ClFN3O2. The standard InChI is InChI=1S/C20H30FN3O2.ClH/c1-13(2)10-19(25)23-17-9-8-15(11-16(17)21)20(26)24-18(12-22)14-6-4-3-5-7-14;/h8-9,11,13-14,18H,3-7,10,12,22H2,1-2H3,(H,23,25)(H,24,26);1H. The van der Waals surface area contributed by atoms with Crippen molar-refractivity contribution in [1.29, 1.82) is 0 Å². The molecule has 1 saturated carbocycles. The monoisotopic (exact) mass is 399 g/mol. The van der Waals surface area contributed by atoms with Crippen molar-refractivity contribution in [2.24, 2.45) is 17.6 Å². The van der Waals surface area contributed by atoms with Crippen molar-refractivity contribution in [2.75, 3.05) is 11.9 Å². The van der Waals surface area contributed by atoms with E-state index in [-0.39, 0.29) is 47.4 Å². The van der Waals surface area contributed by atoms with Gasteiger partial charge in [0.1, 0.15) is 5.82 Å². The minimum Gasteiger partial charge on any atom is -0.348 e. The van der Waals surface area contributed by atoms with Crippen LogP contribution in [0.4, 0.5) is 10.1 Å². The highest BCUT2D eigenvalue weighted by Crippen LogP contribution is 2.26. The summed E-state index contributed by atoms with van der Waals surface area (Å²) in [7, 11) is 0. The fourth-order valence-electron chi connectivity index (χ4n) is 3.49. The number of amides is 2. The van der Waals surface area contributed by atoms with E-state index < -0.39 is 5.82 Å². The van der Waals surface area contributed by atoms with Gasteiger partial charge in [0.15, 0.2) is 0 Å². The first-order chi connectivity index (χ1) is 12.4. The molecule has 0 aliphatic heterocycles. The lowest BCUT2D eigenvalue weighted by molar-refractivity contribution is -0.116. The van der Waals surface area contributed by atoms with Gasteiger partial charge in [0.05, 0.1) is 5.69 Å². The number of nitrogens with one attached hydrogen (secondary N) is 2. The van der Waals surface area contributed by atoms with Gasteiger partial charge in [0.25, 0.3) is 5.91 Å². The van der Waals surface area contributed by atoms with E-state index in [2.05, 4.69) is 10.6 Å². The van der Waals surface area contributed by atoms with Gasteiger partial charge in [-0.3, -0.25) is 9.59 Å². The molecule has 1 aliphatic carbocycles. The van der Waals surface area contributed by atoms with E-state index in [1.54, 1.807) is 0 Å². The summed E-state index contributed by atoms with van der Waals surface area (Å²) in [6.45, 7) is 4.22. The van der Waals surface area contributed by atoms with Crippen molar-refractivity contribution < 1.29 is 14.0 Å². The second-order valence-electron chi connectivity index (χ2n) is 7.55. The number of carbonyl (C=O) groups excluding carboxylic acids is 2. The molecule has 1 atom stereocenters. The van der Waals surface area contributed by atoms with Crippen LogP contribution in [0.15, 0.2) is 18.2 Å². The zero-order chi connectivity index (χ0) is 19.1. The maximum atomic E-state index is 14.3. The van der Waals surface area contributed by atoms with Crippen molar-refractivity contribution in [3.8, 4) is 0 Å². The van der Waals surface area contributed by atoms with E-state index in [0.29, 0.717) is 18.9 Å². The third kappa shape index (κ3) is 7.11. The Bertz CT molecular complexity index is 634. The van der Waals surface area contributed by atoms with Gasteiger partial charge in [-0.2, -0.15) is 0 Å². The summed E-state index contributed by atoms with van der Waals surface area (Å²) >= 11 is 0. The maximum absolute atomic E-state index is 14.3. The second-order valence-corrected chi connectivity index (χ2v) is 7.55. The smallest absolute Gasteiger partial charge is 0.251 e. The van der Waals surface area contributed by atoms with E-state index in [1.165, 1.54) is 18.6 Å². The average molecular weight is 400 g/mol. The highest BCUT2D eigenvalue weighted by Gasteiger charge is 2.24. The Morgan fingerprint density at radius 3 is 2.44 bits per heavy atom. The molecule has 1 unspecified atom stereocenters. The minimum atomic E-state index is -0.614. The molecule has 0 heterocycles. The summed E-state index contributed by atoms with van der Waals surface area (Å²) in [4.78, 5) is 24.2. The lowest BCUT2D eigenvalue weighted by Crippen LogP contribution is -2.45. The number of carbonyl (C=O) groups is 2. The number of anilines is 1. The predicted molar refractivity (Wildman–Crippen MR) is 109 cm³/mol. The molecule has 0 spiro atoms. The van der Waals surface area contributed by atoms with Gasteiger partial charge in [-0.15, -0.1) is 12.4 Å². The van der Waals surface area contributed by atoms with E-state index in [1.807, 2.05) is 13.8 Å². The molecule has 0 bridgehead atoms. The molecule has 1 aliphatic rings. The molecular weight excluding hydrogens is 369 g/mol. The number of nitrogens with two attached hydrogens (primary N) is 1. The lowest BCUT2D eigenvalue weighted by Gasteiger charge is -2.30. The summed E-state index contributed by atoms with van der Waals surface area (Å²) in [5.74, 6) is -0.605.